The van der Waals surface area contributed by atoms with Crippen LogP contribution in [0.1, 0.15) is 30.9 Å². The number of methoxy groups -OCH3 is 1. The topological polar surface area (TPSA) is 21.3 Å². The van der Waals surface area contributed by atoms with Gasteiger partial charge in [-0.15, -0.1) is 0 Å². The fraction of sp³-hybridized carbons (Fsp3) is 0.294. The van der Waals surface area contributed by atoms with Crippen molar-refractivity contribution in [1.29, 1.82) is 0 Å². The van der Waals surface area contributed by atoms with Crippen LogP contribution in [0, 0.1) is 5.82 Å². The molecule has 0 aliphatic carbocycles. The van der Waals surface area contributed by atoms with Gasteiger partial charge in [-0.1, -0.05) is 38.1 Å². The number of rotatable bonds is 5. The highest BCUT2D eigenvalue weighted by molar-refractivity contribution is 5.46. The predicted molar refractivity (Wildman–Crippen MR) is 80.8 cm³/mol. The Hall–Kier alpha value is -2.03. The van der Waals surface area contributed by atoms with Crippen LogP contribution in [0.2, 0.25) is 0 Å². The Kier molecular flexibility index (Phi) is 4.61. The molecule has 0 radical (unpaired) electrons. The summed E-state index contributed by atoms with van der Waals surface area (Å²) in [5, 5.41) is 3.22. The van der Waals surface area contributed by atoms with Crippen LogP contribution in [-0.2, 0) is 6.54 Å². The van der Waals surface area contributed by atoms with Crippen LogP contribution in [0.3, 0.4) is 0 Å². The van der Waals surface area contributed by atoms with Gasteiger partial charge in [-0.25, -0.2) is 4.39 Å². The maximum absolute atomic E-state index is 14.0. The summed E-state index contributed by atoms with van der Waals surface area (Å²) in [6.45, 7) is 4.76. The van der Waals surface area contributed by atoms with Crippen LogP contribution in [0.25, 0.3) is 0 Å². The minimum Gasteiger partial charge on any atom is -0.494 e. The van der Waals surface area contributed by atoms with E-state index in [0.717, 1.165) is 5.69 Å². The van der Waals surface area contributed by atoms with E-state index in [0.29, 0.717) is 18.0 Å². The van der Waals surface area contributed by atoms with Gasteiger partial charge in [-0.05, 0) is 29.7 Å². The zero-order valence-electron chi connectivity index (χ0n) is 12.1. The Labute approximate surface area is 119 Å². The number of benzene rings is 2. The van der Waals surface area contributed by atoms with Crippen molar-refractivity contribution in [3.8, 4) is 5.75 Å². The van der Waals surface area contributed by atoms with Crippen molar-refractivity contribution in [2.45, 2.75) is 26.3 Å². The van der Waals surface area contributed by atoms with Crippen LogP contribution >= 0.6 is 0 Å². The number of ether oxygens (including phenoxy) is 1. The van der Waals surface area contributed by atoms with Gasteiger partial charge in [0.25, 0.3) is 0 Å². The van der Waals surface area contributed by atoms with Crippen LogP contribution in [0.5, 0.6) is 5.75 Å². The van der Waals surface area contributed by atoms with Crippen molar-refractivity contribution in [3.05, 3.63) is 59.4 Å². The van der Waals surface area contributed by atoms with E-state index in [9.17, 15) is 4.39 Å². The third kappa shape index (κ3) is 3.29. The van der Waals surface area contributed by atoms with Gasteiger partial charge in [0, 0.05) is 17.8 Å². The Morgan fingerprint density at radius 3 is 2.40 bits per heavy atom. The first-order valence-corrected chi connectivity index (χ1v) is 6.77. The zero-order chi connectivity index (χ0) is 14.5. The summed E-state index contributed by atoms with van der Waals surface area (Å²) in [4.78, 5) is 0. The quantitative estimate of drug-likeness (QED) is 0.861. The normalized spacial score (nSPS) is 10.7. The molecule has 2 aromatic rings. The molecule has 0 heterocycles. The van der Waals surface area contributed by atoms with E-state index in [4.69, 9.17) is 4.74 Å². The second-order valence-corrected chi connectivity index (χ2v) is 5.06. The molecule has 0 aliphatic rings. The molecule has 20 heavy (non-hydrogen) atoms. The molecule has 0 atom stereocenters. The van der Waals surface area contributed by atoms with E-state index in [-0.39, 0.29) is 11.6 Å². The third-order valence-electron chi connectivity index (χ3n) is 3.32. The van der Waals surface area contributed by atoms with Gasteiger partial charge in [0.05, 0.1) is 7.11 Å². The molecule has 0 spiro atoms. The fourth-order valence-corrected chi connectivity index (χ4v) is 2.03. The molecule has 0 saturated carbocycles. The molecular formula is C17H20FNO. The molecule has 2 aromatic carbocycles. The van der Waals surface area contributed by atoms with E-state index >= 15 is 0 Å². The molecule has 106 valence electrons. The lowest BCUT2D eigenvalue weighted by Crippen LogP contribution is -2.03. The molecule has 3 heteroatoms. The van der Waals surface area contributed by atoms with Crippen LogP contribution in [0.4, 0.5) is 10.1 Å². The van der Waals surface area contributed by atoms with Crippen molar-refractivity contribution in [2.24, 2.45) is 0 Å². The highest BCUT2D eigenvalue weighted by atomic mass is 19.1. The third-order valence-corrected chi connectivity index (χ3v) is 3.32. The minimum absolute atomic E-state index is 0.277. The summed E-state index contributed by atoms with van der Waals surface area (Å²) >= 11 is 0. The molecule has 2 rings (SSSR count). The van der Waals surface area contributed by atoms with E-state index in [1.165, 1.54) is 12.7 Å². The monoisotopic (exact) mass is 273 g/mol. The summed E-state index contributed by atoms with van der Waals surface area (Å²) in [7, 11) is 1.47. The maximum Gasteiger partial charge on any atom is 0.170 e. The standard InChI is InChI=1S/C17H20FNO/c1-12(2)13-7-9-15(10-8-13)19-11-14-5-4-6-16(20-3)17(14)18/h4-10,12,19H,11H2,1-3H3. The zero-order valence-corrected chi connectivity index (χ0v) is 12.1. The summed E-state index contributed by atoms with van der Waals surface area (Å²) in [6.07, 6.45) is 0. The first-order chi connectivity index (χ1) is 9.61. The highest BCUT2D eigenvalue weighted by Crippen LogP contribution is 2.22. The van der Waals surface area contributed by atoms with Gasteiger partial charge in [0.15, 0.2) is 11.6 Å². The van der Waals surface area contributed by atoms with Crippen molar-refractivity contribution < 1.29 is 9.13 Å². The van der Waals surface area contributed by atoms with Gasteiger partial charge in [0.1, 0.15) is 0 Å². The van der Waals surface area contributed by atoms with Crippen LogP contribution < -0.4 is 10.1 Å². The van der Waals surface area contributed by atoms with E-state index in [2.05, 4.69) is 31.3 Å². The average Bonchev–Trinajstić information content (AvgIpc) is 2.46. The SMILES string of the molecule is COc1cccc(CNc2ccc(C(C)C)cc2)c1F. The molecule has 0 bridgehead atoms. The number of halogens is 1. The van der Waals surface area contributed by atoms with Crippen LogP contribution in [0.15, 0.2) is 42.5 Å². The second kappa shape index (κ2) is 6.42. The maximum atomic E-state index is 14.0. The molecule has 0 fully saturated rings. The first-order valence-electron chi connectivity index (χ1n) is 6.77. The lowest BCUT2D eigenvalue weighted by atomic mass is 10.0. The number of anilines is 1. The molecule has 2 nitrogen and oxygen atoms in total. The average molecular weight is 273 g/mol. The van der Waals surface area contributed by atoms with Crippen molar-refractivity contribution >= 4 is 5.69 Å². The summed E-state index contributed by atoms with van der Waals surface area (Å²) in [6, 6.07) is 13.4. The second-order valence-electron chi connectivity index (χ2n) is 5.06. The number of hydrogen-bond acceptors (Lipinski definition) is 2. The summed E-state index contributed by atoms with van der Waals surface area (Å²) in [5.41, 5.74) is 2.87. The summed E-state index contributed by atoms with van der Waals surface area (Å²) < 4.78 is 19.0. The number of hydrogen-bond donors (Lipinski definition) is 1. The fourth-order valence-electron chi connectivity index (χ4n) is 2.03. The molecule has 0 unspecified atom stereocenters. The first kappa shape index (κ1) is 14.4. The minimum atomic E-state index is -0.304. The van der Waals surface area contributed by atoms with Crippen molar-refractivity contribution in [3.63, 3.8) is 0 Å². The molecule has 0 aromatic heterocycles. The lowest BCUT2D eigenvalue weighted by molar-refractivity contribution is 0.384. The van der Waals surface area contributed by atoms with Gasteiger partial charge in [0.2, 0.25) is 0 Å². The smallest absolute Gasteiger partial charge is 0.170 e. The van der Waals surface area contributed by atoms with E-state index in [1.54, 1.807) is 18.2 Å². The molecule has 0 amide bonds. The Balaban J connectivity index is 2.05. The van der Waals surface area contributed by atoms with Crippen molar-refractivity contribution in [1.82, 2.24) is 0 Å². The number of nitrogens with one attached hydrogen (secondary N) is 1. The van der Waals surface area contributed by atoms with Gasteiger partial charge in [-0.3, -0.25) is 0 Å². The van der Waals surface area contributed by atoms with Gasteiger partial charge >= 0.3 is 0 Å². The molecule has 1 N–H and O–H groups in total. The molecule has 0 saturated heterocycles. The Morgan fingerprint density at radius 2 is 1.80 bits per heavy atom. The molecular weight excluding hydrogens is 253 g/mol. The van der Waals surface area contributed by atoms with Gasteiger partial charge < -0.3 is 10.1 Å². The van der Waals surface area contributed by atoms with Crippen molar-refractivity contribution in [2.75, 3.05) is 12.4 Å². The van der Waals surface area contributed by atoms with E-state index < -0.39 is 0 Å². The van der Waals surface area contributed by atoms with Gasteiger partial charge in [-0.2, -0.15) is 0 Å². The van der Waals surface area contributed by atoms with E-state index in [1.807, 2.05) is 12.1 Å². The Morgan fingerprint density at radius 1 is 1.10 bits per heavy atom. The predicted octanol–water partition coefficient (Wildman–Crippen LogP) is 4.57. The molecule has 0 aliphatic heterocycles. The Bertz CT molecular complexity index is 564. The highest BCUT2D eigenvalue weighted by Gasteiger charge is 2.07. The summed E-state index contributed by atoms with van der Waals surface area (Å²) in [5.74, 6) is 0.487. The van der Waals surface area contributed by atoms with Crippen LogP contribution in [-0.4, -0.2) is 7.11 Å². The largest absolute Gasteiger partial charge is 0.494 e. The lowest BCUT2D eigenvalue weighted by Gasteiger charge is -2.11.